The van der Waals surface area contributed by atoms with Crippen molar-refractivity contribution in [1.82, 2.24) is 5.32 Å². The highest BCUT2D eigenvalue weighted by Crippen LogP contribution is 2.16. The Labute approximate surface area is 95.5 Å². The highest BCUT2D eigenvalue weighted by atomic mass is 32.2. The first-order valence-electron chi connectivity index (χ1n) is 5.13. The van der Waals surface area contributed by atoms with E-state index in [9.17, 15) is 4.39 Å². The zero-order chi connectivity index (χ0) is 11.3. The Balaban J connectivity index is 2.57. The van der Waals surface area contributed by atoms with Crippen molar-refractivity contribution in [2.75, 3.05) is 18.6 Å². The van der Waals surface area contributed by atoms with Gasteiger partial charge in [-0.25, -0.2) is 4.39 Å². The molecule has 0 amide bonds. The molecule has 1 rings (SSSR count). The third-order valence-electron chi connectivity index (χ3n) is 2.45. The van der Waals surface area contributed by atoms with Crippen molar-refractivity contribution >= 4 is 11.8 Å². The first-order chi connectivity index (χ1) is 7.15. The van der Waals surface area contributed by atoms with Crippen molar-refractivity contribution in [3.63, 3.8) is 0 Å². The predicted octanol–water partition coefficient (Wildman–Crippen LogP) is 3.15. The van der Waals surface area contributed by atoms with E-state index in [2.05, 4.69) is 18.5 Å². The van der Waals surface area contributed by atoms with Crippen LogP contribution in [0.2, 0.25) is 0 Å². The summed E-state index contributed by atoms with van der Waals surface area (Å²) in [6, 6.07) is 5.64. The minimum absolute atomic E-state index is 0.119. The average molecular weight is 227 g/mol. The van der Waals surface area contributed by atoms with Crippen molar-refractivity contribution in [3.8, 4) is 0 Å². The smallest absolute Gasteiger partial charge is 0.126 e. The number of benzene rings is 1. The lowest BCUT2D eigenvalue weighted by Crippen LogP contribution is -2.21. The Hall–Kier alpha value is -0.540. The third-order valence-corrected chi connectivity index (χ3v) is 3.06. The monoisotopic (exact) mass is 227 g/mol. The van der Waals surface area contributed by atoms with Crippen LogP contribution in [-0.2, 0) is 0 Å². The van der Waals surface area contributed by atoms with Gasteiger partial charge < -0.3 is 5.32 Å². The van der Waals surface area contributed by atoms with Gasteiger partial charge in [0.15, 0.2) is 0 Å². The van der Waals surface area contributed by atoms with Crippen LogP contribution in [0.15, 0.2) is 18.2 Å². The van der Waals surface area contributed by atoms with Crippen molar-refractivity contribution in [1.29, 1.82) is 0 Å². The number of nitrogens with one attached hydrogen (secondary N) is 1. The molecule has 0 radical (unpaired) electrons. The fourth-order valence-corrected chi connectivity index (χ4v) is 1.70. The fourth-order valence-electron chi connectivity index (χ4n) is 1.37. The quantitative estimate of drug-likeness (QED) is 0.776. The molecule has 0 spiro atoms. The number of hydrogen-bond donors (Lipinski definition) is 1. The van der Waals surface area contributed by atoms with Crippen LogP contribution < -0.4 is 5.32 Å². The second kappa shape index (κ2) is 6.13. The lowest BCUT2D eigenvalue weighted by atomic mass is 10.1. The molecule has 0 bridgehead atoms. The lowest BCUT2D eigenvalue weighted by Gasteiger charge is -2.14. The number of hydrogen-bond acceptors (Lipinski definition) is 2. The van der Waals surface area contributed by atoms with Gasteiger partial charge >= 0.3 is 0 Å². The Bertz CT molecular complexity index is 314. The maximum absolute atomic E-state index is 13.3. The van der Waals surface area contributed by atoms with Crippen molar-refractivity contribution < 1.29 is 4.39 Å². The molecular weight excluding hydrogens is 209 g/mol. The Kier molecular flexibility index (Phi) is 5.12. The second-order valence-electron chi connectivity index (χ2n) is 3.68. The standard InChI is InChI=1S/C12H18FNS/c1-9-4-5-11(8-12(9)13)10(2)14-6-7-15-3/h4-5,8,10,14H,6-7H2,1-3H3. The van der Waals surface area contributed by atoms with Crippen molar-refractivity contribution in [3.05, 3.63) is 35.1 Å². The molecule has 1 atom stereocenters. The van der Waals surface area contributed by atoms with E-state index in [4.69, 9.17) is 0 Å². The molecule has 0 saturated carbocycles. The van der Waals surface area contributed by atoms with E-state index < -0.39 is 0 Å². The summed E-state index contributed by atoms with van der Waals surface area (Å²) < 4.78 is 13.3. The summed E-state index contributed by atoms with van der Waals surface area (Å²) in [6.45, 7) is 4.80. The first kappa shape index (κ1) is 12.5. The van der Waals surface area contributed by atoms with E-state index in [1.807, 2.05) is 23.9 Å². The molecule has 1 aromatic carbocycles. The van der Waals surface area contributed by atoms with E-state index in [0.717, 1.165) is 17.9 Å². The maximum atomic E-state index is 13.3. The largest absolute Gasteiger partial charge is 0.309 e. The molecule has 1 nitrogen and oxygen atoms in total. The molecule has 15 heavy (non-hydrogen) atoms. The van der Waals surface area contributed by atoms with Gasteiger partial charge in [-0.05, 0) is 37.3 Å². The molecule has 0 fully saturated rings. The van der Waals surface area contributed by atoms with E-state index in [1.54, 1.807) is 13.0 Å². The van der Waals surface area contributed by atoms with Crippen LogP contribution in [0.5, 0.6) is 0 Å². The van der Waals surface area contributed by atoms with Gasteiger partial charge in [-0.15, -0.1) is 0 Å². The molecule has 0 saturated heterocycles. The summed E-state index contributed by atoms with van der Waals surface area (Å²) >= 11 is 1.81. The molecule has 0 aliphatic carbocycles. The van der Waals surface area contributed by atoms with E-state index in [0.29, 0.717) is 5.56 Å². The molecule has 84 valence electrons. The van der Waals surface area contributed by atoms with Crippen LogP contribution in [0.4, 0.5) is 4.39 Å². The molecule has 1 aromatic rings. The summed E-state index contributed by atoms with van der Waals surface area (Å²) in [5, 5.41) is 3.36. The molecule has 0 aromatic heterocycles. The zero-order valence-corrected chi connectivity index (χ0v) is 10.3. The van der Waals surface area contributed by atoms with Crippen molar-refractivity contribution in [2.45, 2.75) is 19.9 Å². The van der Waals surface area contributed by atoms with Gasteiger partial charge in [0.2, 0.25) is 0 Å². The minimum atomic E-state index is -0.119. The van der Waals surface area contributed by atoms with Gasteiger partial charge in [0.1, 0.15) is 5.82 Å². The summed E-state index contributed by atoms with van der Waals surface area (Å²) in [7, 11) is 0. The van der Waals surface area contributed by atoms with E-state index in [1.165, 1.54) is 0 Å². The van der Waals surface area contributed by atoms with Crippen LogP contribution in [0, 0.1) is 12.7 Å². The lowest BCUT2D eigenvalue weighted by molar-refractivity contribution is 0.582. The van der Waals surface area contributed by atoms with Gasteiger partial charge in [0.05, 0.1) is 0 Å². The molecule has 1 N–H and O–H groups in total. The van der Waals surface area contributed by atoms with Crippen LogP contribution in [0.3, 0.4) is 0 Å². The molecule has 3 heteroatoms. The minimum Gasteiger partial charge on any atom is -0.309 e. The number of halogens is 1. The normalized spacial score (nSPS) is 12.8. The molecule has 0 aliphatic heterocycles. The predicted molar refractivity (Wildman–Crippen MR) is 65.9 cm³/mol. The van der Waals surface area contributed by atoms with E-state index >= 15 is 0 Å². The van der Waals surface area contributed by atoms with Gasteiger partial charge in [-0.1, -0.05) is 12.1 Å². The SMILES string of the molecule is CSCCNC(C)c1ccc(C)c(F)c1. The van der Waals surface area contributed by atoms with Gasteiger partial charge in [-0.3, -0.25) is 0 Å². The second-order valence-corrected chi connectivity index (χ2v) is 4.66. The van der Waals surface area contributed by atoms with Crippen LogP contribution in [0.25, 0.3) is 0 Å². The first-order valence-corrected chi connectivity index (χ1v) is 6.53. The molecule has 0 aliphatic rings. The van der Waals surface area contributed by atoms with Crippen LogP contribution in [-0.4, -0.2) is 18.6 Å². The van der Waals surface area contributed by atoms with Gasteiger partial charge in [0, 0.05) is 18.3 Å². The van der Waals surface area contributed by atoms with Crippen LogP contribution >= 0.6 is 11.8 Å². The number of aryl methyl sites for hydroxylation is 1. The Morgan fingerprint density at radius 3 is 2.80 bits per heavy atom. The van der Waals surface area contributed by atoms with Crippen LogP contribution in [0.1, 0.15) is 24.1 Å². The summed E-state index contributed by atoms with van der Waals surface area (Å²) in [5.74, 6) is 0.963. The number of rotatable bonds is 5. The Morgan fingerprint density at radius 1 is 1.47 bits per heavy atom. The zero-order valence-electron chi connectivity index (χ0n) is 9.51. The highest BCUT2D eigenvalue weighted by molar-refractivity contribution is 7.98. The topological polar surface area (TPSA) is 12.0 Å². The number of thioether (sulfide) groups is 1. The van der Waals surface area contributed by atoms with E-state index in [-0.39, 0.29) is 11.9 Å². The maximum Gasteiger partial charge on any atom is 0.126 e. The van der Waals surface area contributed by atoms with Gasteiger partial charge in [-0.2, -0.15) is 11.8 Å². The Morgan fingerprint density at radius 2 is 2.20 bits per heavy atom. The van der Waals surface area contributed by atoms with Crippen molar-refractivity contribution in [2.24, 2.45) is 0 Å². The summed E-state index contributed by atoms with van der Waals surface area (Å²) in [4.78, 5) is 0. The van der Waals surface area contributed by atoms with Gasteiger partial charge in [0.25, 0.3) is 0 Å². The average Bonchev–Trinajstić information content (AvgIpc) is 2.22. The summed E-state index contributed by atoms with van der Waals surface area (Å²) in [5.41, 5.74) is 1.72. The molecule has 0 heterocycles. The third kappa shape index (κ3) is 3.84. The fraction of sp³-hybridized carbons (Fsp3) is 0.500. The summed E-state index contributed by atoms with van der Waals surface area (Å²) in [6.07, 6.45) is 2.08. The highest BCUT2D eigenvalue weighted by Gasteiger charge is 2.06. The molecule has 1 unspecified atom stereocenters. The molecular formula is C12H18FNS.